The Kier molecular flexibility index (Phi) is 6.52. The Hall–Kier alpha value is -2.24. The molecule has 0 aliphatic rings. The number of carbonyl (C=O) groups is 2. The zero-order valence-corrected chi connectivity index (χ0v) is 12.5. The summed E-state index contributed by atoms with van der Waals surface area (Å²) in [7, 11) is 1.57. The van der Waals surface area contributed by atoms with Gasteiger partial charge in [0.15, 0.2) is 6.10 Å². The second-order valence-electron chi connectivity index (χ2n) is 4.62. The fourth-order valence-corrected chi connectivity index (χ4v) is 1.69. The number of nitrogens with one attached hydrogen (secondary N) is 1. The molecule has 0 spiro atoms. The number of ether oxygens (including phenoxy) is 2. The van der Waals surface area contributed by atoms with E-state index in [0.29, 0.717) is 17.9 Å². The van der Waals surface area contributed by atoms with Crippen molar-refractivity contribution in [1.29, 1.82) is 0 Å². The number of hydrogen-bond donors (Lipinski definition) is 2. The molecule has 0 fully saturated rings. The van der Waals surface area contributed by atoms with E-state index in [9.17, 15) is 9.59 Å². The number of methoxy groups -OCH3 is 1. The Morgan fingerprint density at radius 2 is 1.81 bits per heavy atom. The molecule has 1 amide bonds. The van der Waals surface area contributed by atoms with E-state index in [1.807, 2.05) is 0 Å². The summed E-state index contributed by atoms with van der Waals surface area (Å²) in [6.07, 6.45) is -0.242. The summed E-state index contributed by atoms with van der Waals surface area (Å²) >= 11 is 0. The molecule has 1 aromatic carbocycles. The first kappa shape index (κ1) is 16.8. The minimum absolute atomic E-state index is 0.0982. The van der Waals surface area contributed by atoms with Crippen molar-refractivity contribution in [2.45, 2.75) is 26.4 Å². The van der Waals surface area contributed by atoms with E-state index >= 15 is 0 Å². The van der Waals surface area contributed by atoms with Gasteiger partial charge in [-0.25, -0.2) is 0 Å². The van der Waals surface area contributed by atoms with Gasteiger partial charge in [0.05, 0.1) is 13.0 Å². The third-order valence-corrected chi connectivity index (χ3v) is 3.11. The van der Waals surface area contributed by atoms with Crippen LogP contribution in [-0.4, -0.2) is 36.7 Å². The van der Waals surface area contributed by atoms with E-state index in [2.05, 4.69) is 5.32 Å². The Balaban J connectivity index is 2.48. The van der Waals surface area contributed by atoms with Crippen LogP contribution in [0.25, 0.3) is 0 Å². The summed E-state index contributed by atoms with van der Waals surface area (Å²) < 4.78 is 10.5. The van der Waals surface area contributed by atoms with Crippen LogP contribution in [0.2, 0.25) is 0 Å². The molecule has 2 atom stereocenters. The van der Waals surface area contributed by atoms with E-state index in [1.54, 1.807) is 45.2 Å². The predicted molar refractivity (Wildman–Crippen MR) is 77.5 cm³/mol. The van der Waals surface area contributed by atoms with Crippen LogP contribution in [0.4, 0.5) is 0 Å². The smallest absolute Gasteiger partial charge is 0.308 e. The van der Waals surface area contributed by atoms with Crippen LogP contribution in [-0.2, 0) is 9.59 Å². The van der Waals surface area contributed by atoms with Gasteiger partial charge in [0.1, 0.15) is 11.5 Å². The maximum absolute atomic E-state index is 11.9. The molecule has 0 aliphatic heterocycles. The lowest BCUT2D eigenvalue weighted by Crippen LogP contribution is -2.40. The highest BCUT2D eigenvalue weighted by Gasteiger charge is 2.19. The van der Waals surface area contributed by atoms with E-state index in [0.717, 1.165) is 0 Å². The Morgan fingerprint density at radius 3 is 2.29 bits per heavy atom. The molecule has 1 aromatic rings. The minimum atomic E-state index is -0.915. The van der Waals surface area contributed by atoms with E-state index < -0.39 is 18.0 Å². The molecule has 0 bridgehead atoms. The van der Waals surface area contributed by atoms with Gasteiger partial charge in [-0.15, -0.1) is 0 Å². The maximum atomic E-state index is 11.9. The number of hydrogen-bond acceptors (Lipinski definition) is 4. The second kappa shape index (κ2) is 8.14. The van der Waals surface area contributed by atoms with Gasteiger partial charge < -0.3 is 19.9 Å². The number of aliphatic carboxylic acids is 1. The zero-order chi connectivity index (χ0) is 15.8. The van der Waals surface area contributed by atoms with Crippen molar-refractivity contribution < 1.29 is 24.2 Å². The molecule has 0 saturated heterocycles. The number of carboxylic acids is 1. The van der Waals surface area contributed by atoms with Crippen molar-refractivity contribution in [3.8, 4) is 11.5 Å². The molecule has 6 nitrogen and oxygen atoms in total. The molecular formula is C15H21NO5. The van der Waals surface area contributed by atoms with Crippen LogP contribution in [0, 0.1) is 5.92 Å². The Labute approximate surface area is 124 Å². The van der Waals surface area contributed by atoms with Crippen LogP contribution in [0.1, 0.15) is 20.3 Å². The molecule has 21 heavy (non-hydrogen) atoms. The van der Waals surface area contributed by atoms with Crippen LogP contribution < -0.4 is 14.8 Å². The standard InChI is InChI=1S/C15H21NO5/c1-4-11(15(18)19)9-16-14(17)10(2)21-13-7-5-12(20-3)6-8-13/h5-8,10-11H,4,9H2,1-3H3,(H,16,17)(H,18,19). The Bertz CT molecular complexity index is 471. The van der Waals surface area contributed by atoms with Gasteiger partial charge in [-0.2, -0.15) is 0 Å². The van der Waals surface area contributed by atoms with Crippen LogP contribution in [0.3, 0.4) is 0 Å². The lowest BCUT2D eigenvalue weighted by Gasteiger charge is -2.16. The molecule has 0 radical (unpaired) electrons. The summed E-state index contributed by atoms with van der Waals surface area (Å²) in [5, 5.41) is 11.5. The molecule has 0 saturated carbocycles. The molecule has 1 rings (SSSR count). The van der Waals surface area contributed by atoms with Gasteiger partial charge in [0, 0.05) is 6.54 Å². The topological polar surface area (TPSA) is 84.9 Å². The summed E-state index contributed by atoms with van der Waals surface area (Å²) in [6.45, 7) is 3.48. The van der Waals surface area contributed by atoms with Crippen molar-refractivity contribution in [3.63, 3.8) is 0 Å². The zero-order valence-electron chi connectivity index (χ0n) is 12.5. The quantitative estimate of drug-likeness (QED) is 0.762. The van der Waals surface area contributed by atoms with Crippen molar-refractivity contribution in [1.82, 2.24) is 5.32 Å². The minimum Gasteiger partial charge on any atom is -0.497 e. The highest BCUT2D eigenvalue weighted by atomic mass is 16.5. The Morgan fingerprint density at radius 1 is 1.24 bits per heavy atom. The SMILES string of the molecule is CCC(CNC(=O)C(C)Oc1ccc(OC)cc1)C(=O)O. The first-order valence-corrected chi connectivity index (χ1v) is 6.79. The second-order valence-corrected chi connectivity index (χ2v) is 4.62. The maximum Gasteiger partial charge on any atom is 0.308 e. The highest BCUT2D eigenvalue weighted by molar-refractivity contribution is 5.81. The first-order valence-electron chi connectivity index (χ1n) is 6.79. The third-order valence-electron chi connectivity index (χ3n) is 3.11. The van der Waals surface area contributed by atoms with Gasteiger partial charge in [0.2, 0.25) is 0 Å². The normalized spacial score (nSPS) is 13.1. The van der Waals surface area contributed by atoms with Crippen LogP contribution in [0.5, 0.6) is 11.5 Å². The average Bonchev–Trinajstić information content (AvgIpc) is 2.48. The number of carbonyl (C=O) groups excluding carboxylic acids is 1. The van der Waals surface area contributed by atoms with Crippen molar-refractivity contribution in [3.05, 3.63) is 24.3 Å². The number of benzene rings is 1. The molecule has 116 valence electrons. The van der Waals surface area contributed by atoms with Crippen LogP contribution in [0.15, 0.2) is 24.3 Å². The molecule has 6 heteroatoms. The summed E-state index contributed by atoms with van der Waals surface area (Å²) in [6, 6.07) is 6.87. The molecule has 0 aromatic heterocycles. The molecule has 0 aliphatic carbocycles. The third kappa shape index (κ3) is 5.33. The number of rotatable bonds is 8. The lowest BCUT2D eigenvalue weighted by molar-refractivity contribution is -0.141. The fraction of sp³-hybridized carbons (Fsp3) is 0.467. The van der Waals surface area contributed by atoms with E-state index in [4.69, 9.17) is 14.6 Å². The van der Waals surface area contributed by atoms with Crippen molar-refractivity contribution in [2.24, 2.45) is 5.92 Å². The molecule has 0 heterocycles. The first-order chi connectivity index (χ1) is 9.97. The lowest BCUT2D eigenvalue weighted by atomic mass is 10.1. The van der Waals surface area contributed by atoms with Gasteiger partial charge >= 0.3 is 5.97 Å². The summed E-state index contributed by atoms with van der Waals surface area (Å²) in [4.78, 5) is 22.7. The molecule has 2 unspecified atom stereocenters. The molecular weight excluding hydrogens is 274 g/mol. The van der Waals surface area contributed by atoms with E-state index in [-0.39, 0.29) is 12.5 Å². The highest BCUT2D eigenvalue weighted by Crippen LogP contribution is 2.18. The number of amides is 1. The average molecular weight is 295 g/mol. The largest absolute Gasteiger partial charge is 0.497 e. The van der Waals surface area contributed by atoms with E-state index in [1.165, 1.54) is 0 Å². The van der Waals surface area contributed by atoms with Gasteiger partial charge in [-0.05, 0) is 37.6 Å². The predicted octanol–water partition coefficient (Wildman–Crippen LogP) is 1.69. The number of carboxylic acid groups (broad SMARTS) is 1. The van der Waals surface area contributed by atoms with Gasteiger partial charge in [0.25, 0.3) is 5.91 Å². The monoisotopic (exact) mass is 295 g/mol. The van der Waals surface area contributed by atoms with Gasteiger partial charge in [-0.3, -0.25) is 9.59 Å². The van der Waals surface area contributed by atoms with Gasteiger partial charge in [-0.1, -0.05) is 6.92 Å². The van der Waals surface area contributed by atoms with Crippen molar-refractivity contribution >= 4 is 11.9 Å². The van der Waals surface area contributed by atoms with Crippen molar-refractivity contribution in [2.75, 3.05) is 13.7 Å². The summed E-state index contributed by atoms with van der Waals surface area (Å²) in [5.74, 6) is -0.593. The molecule has 2 N–H and O–H groups in total. The fourth-order valence-electron chi connectivity index (χ4n) is 1.69. The van der Waals surface area contributed by atoms with Crippen LogP contribution >= 0.6 is 0 Å². The summed E-state index contributed by atoms with van der Waals surface area (Å²) in [5.41, 5.74) is 0.